The van der Waals surface area contributed by atoms with E-state index in [-0.39, 0.29) is 10.7 Å². The molecular weight excluding hydrogens is 355 g/mol. The molecule has 0 N–H and O–H groups in total. The largest absolute Gasteiger partial charge is 0.493 e. The molecule has 6 heteroatoms. The number of fused-ring (bicyclic) bond motifs is 1. The van der Waals surface area contributed by atoms with Crippen molar-refractivity contribution in [3.05, 3.63) is 40.5 Å². The topological polar surface area (TPSA) is 56.5 Å². The summed E-state index contributed by atoms with van der Waals surface area (Å²) in [7, 11) is 0. The zero-order valence-electron chi connectivity index (χ0n) is 15.1. The Morgan fingerprint density at radius 3 is 2.65 bits per heavy atom. The van der Waals surface area contributed by atoms with Crippen LogP contribution in [-0.4, -0.2) is 17.5 Å². The fraction of sp³-hybridized carbons (Fsp3) is 0.500. The first-order valence-corrected chi connectivity index (χ1v) is 10.1. The van der Waals surface area contributed by atoms with Gasteiger partial charge in [-0.1, -0.05) is 50.4 Å². The van der Waals surface area contributed by atoms with Gasteiger partial charge in [-0.25, -0.2) is 9.18 Å². The van der Waals surface area contributed by atoms with Gasteiger partial charge in [0.25, 0.3) is 0 Å². The average Bonchev–Trinajstić information content (AvgIpc) is 2.63. The molecule has 0 unspecified atom stereocenters. The maximum absolute atomic E-state index is 13.7. The molecule has 1 heterocycles. The minimum atomic E-state index is -0.614. The van der Waals surface area contributed by atoms with Crippen LogP contribution in [0.1, 0.15) is 51.9 Å². The first kappa shape index (κ1) is 20.5. The number of benzene rings is 1. The molecule has 0 spiro atoms. The summed E-state index contributed by atoms with van der Waals surface area (Å²) in [5.41, 5.74) is -0.675. The van der Waals surface area contributed by atoms with Crippen LogP contribution < -0.4 is 10.4 Å². The van der Waals surface area contributed by atoms with Crippen LogP contribution in [0.3, 0.4) is 0 Å². The van der Waals surface area contributed by atoms with Crippen LogP contribution in [0.5, 0.6) is 5.75 Å². The number of rotatable bonds is 11. The van der Waals surface area contributed by atoms with E-state index in [1.807, 2.05) is 6.92 Å². The Morgan fingerprint density at radius 1 is 1.15 bits per heavy atom. The van der Waals surface area contributed by atoms with Crippen molar-refractivity contribution in [2.75, 3.05) is 12.4 Å². The van der Waals surface area contributed by atoms with Crippen molar-refractivity contribution in [1.82, 2.24) is 0 Å². The van der Waals surface area contributed by atoms with Crippen LogP contribution in [0.25, 0.3) is 11.0 Å². The van der Waals surface area contributed by atoms with Crippen LogP contribution in [-0.2, 0) is 4.79 Å². The molecule has 1 aromatic carbocycles. The number of thioether (sulfide) groups is 1. The van der Waals surface area contributed by atoms with E-state index in [0.29, 0.717) is 24.2 Å². The summed E-state index contributed by atoms with van der Waals surface area (Å²) in [4.78, 5) is 22.7. The highest BCUT2D eigenvalue weighted by Crippen LogP contribution is 2.25. The average molecular weight is 380 g/mol. The quantitative estimate of drug-likeness (QED) is 0.390. The fourth-order valence-electron chi connectivity index (χ4n) is 2.62. The zero-order valence-corrected chi connectivity index (χ0v) is 15.9. The number of para-hydroxylation sites is 1. The van der Waals surface area contributed by atoms with Gasteiger partial charge >= 0.3 is 5.63 Å². The lowest BCUT2D eigenvalue weighted by Gasteiger charge is -2.08. The third kappa shape index (κ3) is 6.48. The summed E-state index contributed by atoms with van der Waals surface area (Å²) in [6, 6.07) is 5.76. The van der Waals surface area contributed by atoms with Gasteiger partial charge in [0.05, 0.1) is 18.1 Å². The molecule has 0 fully saturated rings. The molecule has 0 amide bonds. The Kier molecular flexibility index (Phi) is 8.68. The molecule has 0 bridgehead atoms. The van der Waals surface area contributed by atoms with E-state index >= 15 is 0 Å². The summed E-state index contributed by atoms with van der Waals surface area (Å²) in [5, 5.41) is 0.744. The van der Waals surface area contributed by atoms with Crippen molar-refractivity contribution in [3.63, 3.8) is 0 Å². The van der Waals surface area contributed by atoms with Crippen molar-refractivity contribution < 1.29 is 18.3 Å². The van der Waals surface area contributed by atoms with E-state index in [9.17, 15) is 14.0 Å². The molecule has 142 valence electrons. The van der Waals surface area contributed by atoms with Crippen molar-refractivity contribution in [2.45, 2.75) is 51.9 Å². The zero-order chi connectivity index (χ0) is 18.8. The van der Waals surface area contributed by atoms with Gasteiger partial charge in [0.15, 0.2) is 16.5 Å². The van der Waals surface area contributed by atoms with Crippen molar-refractivity contribution in [2.24, 2.45) is 0 Å². The SMILES string of the molecule is CCC(=O)SCCCCCCCCOc1cc(=O)oc2c(F)cccc12. The lowest BCUT2D eigenvalue weighted by molar-refractivity contribution is -0.110. The van der Waals surface area contributed by atoms with Gasteiger partial charge in [-0.2, -0.15) is 0 Å². The summed E-state index contributed by atoms with van der Waals surface area (Å²) < 4.78 is 24.3. The Hall–Kier alpha value is -1.82. The second-order valence-electron chi connectivity index (χ2n) is 6.09. The Balaban J connectivity index is 1.65. The summed E-state index contributed by atoms with van der Waals surface area (Å²) in [6.45, 7) is 2.37. The van der Waals surface area contributed by atoms with Crippen LogP contribution in [0.2, 0.25) is 0 Å². The predicted molar refractivity (Wildman–Crippen MR) is 103 cm³/mol. The number of carbonyl (C=O) groups is 1. The number of hydrogen-bond acceptors (Lipinski definition) is 5. The molecule has 0 atom stereocenters. The van der Waals surface area contributed by atoms with E-state index in [2.05, 4.69) is 0 Å². The molecule has 2 aromatic rings. The summed E-state index contributed by atoms with van der Waals surface area (Å²) in [5.74, 6) is 0.716. The number of unbranched alkanes of at least 4 members (excludes halogenated alkanes) is 5. The molecule has 0 aliphatic heterocycles. The fourth-order valence-corrected chi connectivity index (χ4v) is 3.40. The van der Waals surface area contributed by atoms with E-state index in [0.717, 1.165) is 44.3 Å². The maximum Gasteiger partial charge on any atom is 0.340 e. The minimum Gasteiger partial charge on any atom is -0.493 e. The van der Waals surface area contributed by atoms with Gasteiger partial charge < -0.3 is 9.15 Å². The Morgan fingerprint density at radius 2 is 1.88 bits per heavy atom. The second-order valence-corrected chi connectivity index (χ2v) is 7.24. The molecule has 0 aliphatic rings. The highest BCUT2D eigenvalue weighted by atomic mass is 32.2. The van der Waals surface area contributed by atoms with E-state index in [1.165, 1.54) is 23.9 Å². The molecule has 4 nitrogen and oxygen atoms in total. The molecule has 0 saturated heterocycles. The number of hydrogen-bond donors (Lipinski definition) is 0. The van der Waals surface area contributed by atoms with Crippen LogP contribution in [0, 0.1) is 5.82 Å². The van der Waals surface area contributed by atoms with Crippen molar-refractivity contribution in [3.8, 4) is 5.75 Å². The smallest absolute Gasteiger partial charge is 0.340 e. The second kappa shape index (κ2) is 11.0. The first-order chi connectivity index (χ1) is 12.6. The standard InChI is InChI=1S/C20H25FO4S/c1-2-19(23)26-13-8-6-4-3-5-7-12-24-17-14-18(22)25-20-15(17)10-9-11-16(20)21/h9-11,14H,2-8,12-13H2,1H3. The van der Waals surface area contributed by atoms with Crippen LogP contribution in [0.15, 0.2) is 33.5 Å². The van der Waals surface area contributed by atoms with E-state index < -0.39 is 11.4 Å². The summed E-state index contributed by atoms with van der Waals surface area (Å²) in [6.07, 6.45) is 6.98. The lowest BCUT2D eigenvalue weighted by atomic mass is 10.1. The predicted octanol–water partition coefficient (Wildman–Crippen LogP) is 5.32. The highest BCUT2D eigenvalue weighted by molar-refractivity contribution is 8.13. The molecule has 0 aliphatic carbocycles. The number of halogens is 1. The summed E-state index contributed by atoms with van der Waals surface area (Å²) >= 11 is 1.43. The maximum atomic E-state index is 13.7. The van der Waals surface area contributed by atoms with Gasteiger partial charge in [-0.15, -0.1) is 0 Å². The number of carbonyl (C=O) groups excluding carboxylic acids is 1. The third-order valence-electron chi connectivity index (χ3n) is 4.03. The number of ether oxygens (including phenoxy) is 1. The molecular formula is C20H25FO4S. The monoisotopic (exact) mass is 380 g/mol. The normalized spacial score (nSPS) is 11.0. The lowest BCUT2D eigenvalue weighted by Crippen LogP contribution is -2.04. The van der Waals surface area contributed by atoms with Gasteiger partial charge in [0.2, 0.25) is 0 Å². The van der Waals surface area contributed by atoms with Gasteiger partial charge in [-0.05, 0) is 25.0 Å². The highest BCUT2D eigenvalue weighted by Gasteiger charge is 2.10. The van der Waals surface area contributed by atoms with Gasteiger partial charge in [0.1, 0.15) is 5.75 Å². The van der Waals surface area contributed by atoms with E-state index in [4.69, 9.17) is 9.15 Å². The van der Waals surface area contributed by atoms with Crippen LogP contribution in [0.4, 0.5) is 4.39 Å². The van der Waals surface area contributed by atoms with E-state index in [1.54, 1.807) is 12.1 Å². The minimum absolute atomic E-state index is 0.0607. The van der Waals surface area contributed by atoms with Gasteiger partial charge in [-0.3, -0.25) is 4.79 Å². The van der Waals surface area contributed by atoms with Crippen LogP contribution >= 0.6 is 11.8 Å². The molecule has 2 rings (SSSR count). The molecule has 0 radical (unpaired) electrons. The molecule has 0 saturated carbocycles. The third-order valence-corrected chi connectivity index (χ3v) is 5.14. The molecule has 1 aromatic heterocycles. The first-order valence-electron chi connectivity index (χ1n) is 9.12. The molecule has 26 heavy (non-hydrogen) atoms. The van der Waals surface area contributed by atoms with Gasteiger partial charge in [0, 0.05) is 12.2 Å². The Labute approximate surface area is 157 Å². The Bertz CT molecular complexity index is 772. The van der Waals surface area contributed by atoms with Crippen molar-refractivity contribution >= 4 is 27.8 Å². The van der Waals surface area contributed by atoms with Crippen molar-refractivity contribution in [1.29, 1.82) is 0 Å².